The van der Waals surface area contributed by atoms with Crippen molar-refractivity contribution in [1.29, 1.82) is 0 Å². The molecule has 1 aliphatic rings. The number of carbonyl (C=O) groups excluding carboxylic acids is 2. The van der Waals surface area contributed by atoms with Crippen molar-refractivity contribution in [1.82, 2.24) is 10.2 Å². The second-order valence-electron chi connectivity index (χ2n) is 4.74. The molecule has 1 aromatic carbocycles. The highest BCUT2D eigenvalue weighted by Crippen LogP contribution is 2.21. The summed E-state index contributed by atoms with van der Waals surface area (Å²) in [5.41, 5.74) is 0.894. The van der Waals surface area contributed by atoms with Crippen LogP contribution in [0.3, 0.4) is 0 Å². The zero-order valence-electron chi connectivity index (χ0n) is 11.0. The zero-order chi connectivity index (χ0) is 14.5. The van der Waals surface area contributed by atoms with Crippen LogP contribution >= 0.6 is 23.2 Å². The van der Waals surface area contributed by atoms with Gasteiger partial charge in [-0.3, -0.25) is 9.59 Å². The molecule has 2 rings (SSSR count). The van der Waals surface area contributed by atoms with Crippen molar-refractivity contribution < 1.29 is 9.59 Å². The first kappa shape index (κ1) is 15.1. The van der Waals surface area contributed by atoms with Gasteiger partial charge in [-0.1, -0.05) is 29.3 Å². The number of rotatable bonds is 3. The van der Waals surface area contributed by atoms with E-state index < -0.39 is 11.8 Å². The van der Waals surface area contributed by atoms with E-state index in [1.54, 1.807) is 17.0 Å². The minimum absolute atomic E-state index is 0.375. The predicted octanol–water partition coefficient (Wildman–Crippen LogP) is 2.27. The van der Waals surface area contributed by atoms with Gasteiger partial charge in [0.1, 0.15) is 0 Å². The number of halogens is 2. The Balaban J connectivity index is 1.80. The number of nitrogens with zero attached hydrogens (tertiary/aromatic N) is 1. The van der Waals surface area contributed by atoms with Crippen LogP contribution in [0.1, 0.15) is 18.4 Å². The van der Waals surface area contributed by atoms with Crippen molar-refractivity contribution in [2.24, 2.45) is 0 Å². The summed E-state index contributed by atoms with van der Waals surface area (Å²) in [6.45, 7) is 1.73. The Morgan fingerprint density at radius 2 is 1.90 bits per heavy atom. The first-order valence-electron chi connectivity index (χ1n) is 6.59. The van der Waals surface area contributed by atoms with Gasteiger partial charge < -0.3 is 10.2 Å². The molecule has 20 heavy (non-hydrogen) atoms. The van der Waals surface area contributed by atoms with Crippen molar-refractivity contribution in [3.8, 4) is 0 Å². The number of likely N-dealkylation sites (tertiary alicyclic amines) is 1. The molecule has 0 radical (unpaired) electrons. The molecule has 0 bridgehead atoms. The molecule has 1 N–H and O–H groups in total. The zero-order valence-corrected chi connectivity index (χ0v) is 12.5. The summed E-state index contributed by atoms with van der Waals surface area (Å²) in [6.07, 6.45) is 2.51. The Bertz CT molecular complexity index is 514. The maximum absolute atomic E-state index is 11.8. The van der Waals surface area contributed by atoms with E-state index in [-0.39, 0.29) is 0 Å². The number of hydrogen-bond acceptors (Lipinski definition) is 2. The fraction of sp³-hybridized carbons (Fsp3) is 0.429. The number of nitrogens with one attached hydrogen (secondary N) is 1. The van der Waals surface area contributed by atoms with Crippen LogP contribution < -0.4 is 5.32 Å². The van der Waals surface area contributed by atoms with Crippen LogP contribution in [0.25, 0.3) is 0 Å². The molecule has 0 aromatic heterocycles. The SMILES string of the molecule is O=C(NCCc1ccc(Cl)cc1Cl)C(=O)N1CCCC1. The molecule has 1 fully saturated rings. The van der Waals surface area contributed by atoms with Crippen LogP contribution in [0.15, 0.2) is 18.2 Å². The summed E-state index contributed by atoms with van der Waals surface area (Å²) in [7, 11) is 0. The monoisotopic (exact) mass is 314 g/mol. The smallest absolute Gasteiger partial charge is 0.311 e. The summed E-state index contributed by atoms with van der Waals surface area (Å²) >= 11 is 11.8. The number of amides is 2. The van der Waals surface area contributed by atoms with Crippen molar-refractivity contribution in [3.63, 3.8) is 0 Å². The van der Waals surface area contributed by atoms with E-state index in [2.05, 4.69) is 5.32 Å². The van der Waals surface area contributed by atoms with E-state index in [1.807, 2.05) is 6.07 Å². The lowest BCUT2D eigenvalue weighted by atomic mass is 10.1. The Morgan fingerprint density at radius 1 is 1.20 bits per heavy atom. The van der Waals surface area contributed by atoms with Crippen LogP contribution in [-0.4, -0.2) is 36.3 Å². The summed E-state index contributed by atoms with van der Waals surface area (Å²) in [4.78, 5) is 25.1. The lowest BCUT2D eigenvalue weighted by molar-refractivity contribution is -0.145. The topological polar surface area (TPSA) is 49.4 Å². The highest BCUT2D eigenvalue weighted by molar-refractivity contribution is 6.35. The molecule has 0 saturated carbocycles. The van der Waals surface area contributed by atoms with Crippen molar-refractivity contribution in [2.45, 2.75) is 19.3 Å². The Labute approximate surface area is 128 Å². The van der Waals surface area contributed by atoms with E-state index in [0.717, 1.165) is 18.4 Å². The Kier molecular flexibility index (Phi) is 5.26. The second kappa shape index (κ2) is 6.95. The average molecular weight is 315 g/mol. The molecule has 4 nitrogen and oxygen atoms in total. The van der Waals surface area contributed by atoms with Gasteiger partial charge in [0.25, 0.3) is 0 Å². The van der Waals surface area contributed by atoms with Gasteiger partial charge in [-0.2, -0.15) is 0 Å². The maximum atomic E-state index is 11.8. The van der Waals surface area contributed by atoms with Gasteiger partial charge in [-0.05, 0) is 37.0 Å². The van der Waals surface area contributed by atoms with Crippen LogP contribution in [0.4, 0.5) is 0 Å². The van der Waals surface area contributed by atoms with Gasteiger partial charge in [0.15, 0.2) is 0 Å². The molecule has 1 saturated heterocycles. The molecule has 0 atom stereocenters. The molecule has 1 heterocycles. The van der Waals surface area contributed by atoms with E-state index in [4.69, 9.17) is 23.2 Å². The minimum Gasteiger partial charge on any atom is -0.347 e. The Hall–Kier alpha value is -1.26. The molecule has 0 aliphatic carbocycles. The van der Waals surface area contributed by atoms with Crippen molar-refractivity contribution in [2.75, 3.05) is 19.6 Å². The lowest BCUT2D eigenvalue weighted by Gasteiger charge is -2.14. The molecule has 0 spiro atoms. The quantitative estimate of drug-likeness (QED) is 0.870. The highest BCUT2D eigenvalue weighted by atomic mass is 35.5. The number of hydrogen-bond donors (Lipinski definition) is 1. The van der Waals surface area contributed by atoms with Gasteiger partial charge in [0.2, 0.25) is 0 Å². The summed E-state index contributed by atoms with van der Waals surface area (Å²) in [5, 5.41) is 3.77. The molecule has 2 amide bonds. The average Bonchev–Trinajstić information content (AvgIpc) is 2.94. The summed E-state index contributed by atoms with van der Waals surface area (Å²) in [5.74, 6) is -0.985. The standard InChI is InChI=1S/C14H16Cl2N2O2/c15-11-4-3-10(12(16)9-11)5-6-17-13(19)14(20)18-7-1-2-8-18/h3-4,9H,1-2,5-8H2,(H,17,19). The molecule has 1 aromatic rings. The Morgan fingerprint density at radius 3 is 2.55 bits per heavy atom. The lowest BCUT2D eigenvalue weighted by Crippen LogP contribution is -2.42. The predicted molar refractivity (Wildman–Crippen MR) is 79.0 cm³/mol. The maximum Gasteiger partial charge on any atom is 0.311 e. The third-order valence-corrected chi connectivity index (χ3v) is 3.87. The number of benzene rings is 1. The van der Waals surface area contributed by atoms with Gasteiger partial charge in [-0.15, -0.1) is 0 Å². The van der Waals surface area contributed by atoms with Crippen molar-refractivity contribution in [3.05, 3.63) is 33.8 Å². The van der Waals surface area contributed by atoms with Gasteiger partial charge >= 0.3 is 11.8 Å². The molecular formula is C14H16Cl2N2O2. The van der Waals surface area contributed by atoms with E-state index >= 15 is 0 Å². The van der Waals surface area contributed by atoms with Crippen LogP contribution in [0, 0.1) is 0 Å². The molecule has 1 aliphatic heterocycles. The summed E-state index contributed by atoms with van der Waals surface area (Å²) < 4.78 is 0. The third-order valence-electron chi connectivity index (χ3n) is 3.28. The third kappa shape index (κ3) is 3.87. The largest absolute Gasteiger partial charge is 0.347 e. The molecule has 6 heteroatoms. The fourth-order valence-corrected chi connectivity index (χ4v) is 2.68. The fourth-order valence-electron chi connectivity index (χ4n) is 2.17. The normalized spacial score (nSPS) is 14.4. The van der Waals surface area contributed by atoms with Gasteiger partial charge in [0.05, 0.1) is 0 Å². The molecule has 108 valence electrons. The second-order valence-corrected chi connectivity index (χ2v) is 5.58. The highest BCUT2D eigenvalue weighted by Gasteiger charge is 2.23. The summed E-state index contributed by atoms with van der Waals surface area (Å²) in [6, 6.07) is 5.23. The van der Waals surface area contributed by atoms with Crippen LogP contribution in [-0.2, 0) is 16.0 Å². The van der Waals surface area contributed by atoms with E-state index in [0.29, 0.717) is 36.1 Å². The van der Waals surface area contributed by atoms with Crippen molar-refractivity contribution >= 4 is 35.0 Å². The minimum atomic E-state index is -0.544. The first-order valence-corrected chi connectivity index (χ1v) is 7.34. The van der Waals surface area contributed by atoms with E-state index in [9.17, 15) is 9.59 Å². The van der Waals surface area contributed by atoms with Gasteiger partial charge in [-0.25, -0.2) is 0 Å². The van der Waals surface area contributed by atoms with Gasteiger partial charge in [0, 0.05) is 29.7 Å². The van der Waals surface area contributed by atoms with E-state index in [1.165, 1.54) is 0 Å². The van der Waals surface area contributed by atoms with Crippen LogP contribution in [0.5, 0.6) is 0 Å². The molecule has 0 unspecified atom stereocenters. The van der Waals surface area contributed by atoms with Crippen LogP contribution in [0.2, 0.25) is 10.0 Å². The first-order chi connectivity index (χ1) is 9.58. The molecular weight excluding hydrogens is 299 g/mol. The number of carbonyl (C=O) groups is 2.